The van der Waals surface area contributed by atoms with E-state index in [-0.39, 0.29) is 23.2 Å². The number of aryl methyl sites for hydroxylation is 1. The lowest BCUT2D eigenvalue weighted by Gasteiger charge is -2.31. The fraction of sp³-hybridized carbons (Fsp3) is 0.579. The molecule has 1 aliphatic heterocycles. The van der Waals surface area contributed by atoms with E-state index in [9.17, 15) is 14.7 Å². The minimum Gasteiger partial charge on any atom is -0.508 e. The van der Waals surface area contributed by atoms with Crippen molar-refractivity contribution in [2.75, 3.05) is 13.2 Å². The average Bonchev–Trinajstić information content (AvgIpc) is 2.51. The summed E-state index contributed by atoms with van der Waals surface area (Å²) in [5.41, 5.74) is 1.56. The quantitative estimate of drug-likeness (QED) is 0.870. The van der Waals surface area contributed by atoms with Crippen LogP contribution in [0.25, 0.3) is 0 Å². The molecule has 23 heavy (non-hydrogen) atoms. The third-order valence-corrected chi connectivity index (χ3v) is 5.21. The molecule has 1 N–H and O–H groups in total. The van der Waals surface area contributed by atoms with Crippen molar-refractivity contribution in [3.8, 4) is 5.75 Å². The minimum absolute atomic E-state index is 0.00649. The maximum atomic E-state index is 12.6. The number of hydrogen-bond donors (Lipinski definition) is 1. The first kappa shape index (κ1) is 16.2. The highest BCUT2D eigenvalue weighted by atomic mass is 16.5. The lowest BCUT2D eigenvalue weighted by Crippen LogP contribution is -2.33. The summed E-state index contributed by atoms with van der Waals surface area (Å²) in [6.45, 7) is 3.47. The second kappa shape index (κ2) is 6.83. The van der Waals surface area contributed by atoms with Crippen molar-refractivity contribution in [1.82, 2.24) is 0 Å². The van der Waals surface area contributed by atoms with E-state index in [0.717, 1.165) is 38.0 Å². The van der Waals surface area contributed by atoms with Crippen molar-refractivity contribution >= 4 is 11.6 Å². The topological polar surface area (TPSA) is 63.6 Å². The molecule has 1 saturated heterocycles. The number of phenolic OH excluding ortho intramolecular Hbond substituents is 1. The zero-order valence-corrected chi connectivity index (χ0v) is 13.6. The number of aromatic hydroxyl groups is 1. The van der Waals surface area contributed by atoms with Gasteiger partial charge in [-0.15, -0.1) is 0 Å². The van der Waals surface area contributed by atoms with Crippen LogP contribution in [0.3, 0.4) is 0 Å². The van der Waals surface area contributed by atoms with E-state index in [2.05, 4.69) is 0 Å². The van der Waals surface area contributed by atoms with Crippen molar-refractivity contribution in [2.45, 2.75) is 44.9 Å². The van der Waals surface area contributed by atoms with Crippen LogP contribution in [0.2, 0.25) is 0 Å². The monoisotopic (exact) mass is 316 g/mol. The SMILES string of the molecule is Cc1ccc(O)cc1C1C(=O)CC(CC2CCOCC2)CC1=O. The van der Waals surface area contributed by atoms with Crippen LogP contribution in [-0.2, 0) is 14.3 Å². The first-order valence-electron chi connectivity index (χ1n) is 8.47. The van der Waals surface area contributed by atoms with Gasteiger partial charge >= 0.3 is 0 Å². The summed E-state index contributed by atoms with van der Waals surface area (Å²) in [5.74, 6) is 0.183. The molecule has 1 heterocycles. The summed E-state index contributed by atoms with van der Waals surface area (Å²) in [7, 11) is 0. The predicted octanol–water partition coefficient (Wildman–Crippen LogP) is 3.15. The van der Waals surface area contributed by atoms with Crippen LogP contribution in [0.1, 0.15) is 49.1 Å². The second-order valence-electron chi connectivity index (χ2n) is 6.97. The van der Waals surface area contributed by atoms with Gasteiger partial charge in [-0.1, -0.05) is 6.07 Å². The van der Waals surface area contributed by atoms with Gasteiger partial charge in [-0.3, -0.25) is 9.59 Å². The van der Waals surface area contributed by atoms with E-state index in [1.165, 1.54) is 0 Å². The molecule has 1 aromatic carbocycles. The molecule has 1 aromatic rings. The maximum absolute atomic E-state index is 12.6. The first-order valence-corrected chi connectivity index (χ1v) is 8.47. The number of ketones is 2. The molecule has 0 bridgehead atoms. The Bertz CT molecular complexity index is 583. The van der Waals surface area contributed by atoms with E-state index in [1.807, 2.05) is 6.92 Å². The Labute approximate surface area is 136 Å². The molecule has 1 aliphatic carbocycles. The summed E-state index contributed by atoms with van der Waals surface area (Å²) in [4.78, 5) is 25.2. The second-order valence-corrected chi connectivity index (χ2v) is 6.97. The van der Waals surface area contributed by atoms with Crippen LogP contribution < -0.4 is 0 Å². The Hall–Kier alpha value is -1.68. The van der Waals surface area contributed by atoms with Crippen LogP contribution in [0.5, 0.6) is 5.75 Å². The molecular formula is C19H24O4. The molecule has 0 spiro atoms. The molecule has 2 aliphatic rings. The Morgan fingerprint density at radius 2 is 1.74 bits per heavy atom. The number of phenols is 1. The molecule has 0 unspecified atom stereocenters. The van der Waals surface area contributed by atoms with Gasteiger partial charge in [0.05, 0.1) is 0 Å². The van der Waals surface area contributed by atoms with Crippen molar-refractivity contribution in [1.29, 1.82) is 0 Å². The number of Topliss-reactive ketones (excluding diaryl/α,β-unsaturated/α-hetero) is 2. The van der Waals surface area contributed by atoms with E-state index >= 15 is 0 Å². The molecule has 0 aromatic heterocycles. The number of hydrogen-bond acceptors (Lipinski definition) is 4. The third kappa shape index (κ3) is 3.63. The van der Waals surface area contributed by atoms with Gasteiger partial charge < -0.3 is 9.84 Å². The largest absolute Gasteiger partial charge is 0.508 e. The van der Waals surface area contributed by atoms with Crippen molar-refractivity contribution in [2.24, 2.45) is 11.8 Å². The van der Waals surface area contributed by atoms with Gasteiger partial charge in [-0.2, -0.15) is 0 Å². The molecule has 4 nitrogen and oxygen atoms in total. The zero-order chi connectivity index (χ0) is 16.4. The fourth-order valence-corrected chi connectivity index (χ4v) is 3.96. The molecule has 0 atom stereocenters. The maximum Gasteiger partial charge on any atom is 0.148 e. The summed E-state index contributed by atoms with van der Waals surface area (Å²) in [6.07, 6.45) is 3.97. The number of carbonyl (C=O) groups is 2. The van der Waals surface area contributed by atoms with Gasteiger partial charge in [0.15, 0.2) is 0 Å². The Morgan fingerprint density at radius 3 is 2.39 bits per heavy atom. The summed E-state index contributed by atoms with van der Waals surface area (Å²) in [6, 6.07) is 4.92. The van der Waals surface area contributed by atoms with E-state index < -0.39 is 5.92 Å². The highest BCUT2D eigenvalue weighted by molar-refractivity contribution is 6.10. The first-order chi connectivity index (χ1) is 11.0. The van der Waals surface area contributed by atoms with Gasteiger partial charge in [0.1, 0.15) is 23.2 Å². The minimum atomic E-state index is -0.687. The number of carbonyl (C=O) groups excluding carboxylic acids is 2. The molecule has 1 saturated carbocycles. The van der Waals surface area contributed by atoms with Crippen molar-refractivity contribution in [3.63, 3.8) is 0 Å². The smallest absolute Gasteiger partial charge is 0.148 e. The predicted molar refractivity (Wildman–Crippen MR) is 86.5 cm³/mol. The van der Waals surface area contributed by atoms with Crippen LogP contribution in [0.4, 0.5) is 0 Å². The fourth-order valence-electron chi connectivity index (χ4n) is 3.96. The van der Waals surface area contributed by atoms with Gasteiger partial charge in [0.25, 0.3) is 0 Å². The third-order valence-electron chi connectivity index (χ3n) is 5.21. The summed E-state index contributed by atoms with van der Waals surface area (Å²) < 4.78 is 5.37. The zero-order valence-electron chi connectivity index (χ0n) is 13.6. The molecule has 2 fully saturated rings. The van der Waals surface area contributed by atoms with Crippen LogP contribution in [0, 0.1) is 18.8 Å². The van der Waals surface area contributed by atoms with Crippen LogP contribution in [0.15, 0.2) is 18.2 Å². The molecule has 3 rings (SSSR count). The number of rotatable bonds is 3. The average molecular weight is 316 g/mol. The van der Waals surface area contributed by atoms with Crippen LogP contribution in [-0.4, -0.2) is 29.9 Å². The van der Waals surface area contributed by atoms with E-state index in [4.69, 9.17) is 4.74 Å². The lowest BCUT2D eigenvalue weighted by atomic mass is 9.72. The normalized spacial score (nSPS) is 26.5. The molecule has 0 radical (unpaired) electrons. The molecular weight excluding hydrogens is 292 g/mol. The number of ether oxygens (including phenoxy) is 1. The standard InChI is InChI=1S/C19H24O4/c1-12-2-3-15(20)11-16(12)19-17(21)9-14(10-18(19)22)8-13-4-6-23-7-5-13/h2-3,11,13-14,19-20H,4-10H2,1H3. The van der Waals surface area contributed by atoms with Crippen LogP contribution >= 0.6 is 0 Å². The Kier molecular flexibility index (Phi) is 4.81. The van der Waals surface area contributed by atoms with Gasteiger partial charge in [-0.05, 0) is 61.3 Å². The van der Waals surface area contributed by atoms with Gasteiger partial charge in [-0.25, -0.2) is 0 Å². The summed E-state index contributed by atoms with van der Waals surface area (Å²) >= 11 is 0. The van der Waals surface area contributed by atoms with Crippen molar-refractivity contribution < 1.29 is 19.4 Å². The summed E-state index contributed by atoms with van der Waals surface area (Å²) in [5, 5.41) is 9.67. The van der Waals surface area contributed by atoms with Gasteiger partial charge in [0.2, 0.25) is 0 Å². The highest BCUT2D eigenvalue weighted by Gasteiger charge is 2.38. The highest BCUT2D eigenvalue weighted by Crippen LogP contribution is 2.37. The van der Waals surface area contributed by atoms with Gasteiger partial charge in [0, 0.05) is 26.1 Å². The lowest BCUT2D eigenvalue weighted by molar-refractivity contribution is -0.134. The Morgan fingerprint density at radius 1 is 1.09 bits per heavy atom. The molecule has 124 valence electrons. The van der Waals surface area contributed by atoms with E-state index in [0.29, 0.717) is 24.3 Å². The number of benzene rings is 1. The van der Waals surface area contributed by atoms with Crippen molar-refractivity contribution in [3.05, 3.63) is 29.3 Å². The molecule has 4 heteroatoms. The Balaban J connectivity index is 1.71. The molecule has 0 amide bonds. The van der Waals surface area contributed by atoms with E-state index in [1.54, 1.807) is 18.2 Å².